The molecule has 0 spiro atoms. The second kappa shape index (κ2) is 6.03. The van der Waals surface area contributed by atoms with Gasteiger partial charge in [-0.2, -0.15) is 0 Å². The molecule has 0 amide bonds. The van der Waals surface area contributed by atoms with E-state index in [-0.39, 0.29) is 12.7 Å². The molecule has 1 aliphatic rings. The third-order valence-electron chi connectivity index (χ3n) is 3.45. The maximum Gasteiger partial charge on any atom is 0.137 e. The molecule has 0 saturated carbocycles. The van der Waals surface area contributed by atoms with Gasteiger partial charge in [0.2, 0.25) is 0 Å². The Bertz CT molecular complexity index is 568. The van der Waals surface area contributed by atoms with Gasteiger partial charge in [0.05, 0.1) is 25.1 Å². The molecule has 0 bridgehead atoms. The highest BCUT2D eigenvalue weighted by molar-refractivity contribution is 5.31. The van der Waals surface area contributed by atoms with Crippen molar-refractivity contribution in [2.45, 2.75) is 19.1 Å². The van der Waals surface area contributed by atoms with Crippen molar-refractivity contribution in [3.63, 3.8) is 0 Å². The molecule has 4 heteroatoms. The number of hydrogen-bond acceptors (Lipinski definition) is 4. The Morgan fingerprint density at radius 1 is 1.25 bits per heavy atom. The molecule has 2 heterocycles. The summed E-state index contributed by atoms with van der Waals surface area (Å²) < 4.78 is 11.5. The van der Waals surface area contributed by atoms with Gasteiger partial charge in [-0.3, -0.25) is 4.98 Å². The van der Waals surface area contributed by atoms with Gasteiger partial charge in [-0.1, -0.05) is 24.3 Å². The molecule has 4 nitrogen and oxygen atoms in total. The summed E-state index contributed by atoms with van der Waals surface area (Å²) in [6.07, 6.45) is 2.55. The van der Waals surface area contributed by atoms with Gasteiger partial charge in [0.1, 0.15) is 18.5 Å². The number of pyridine rings is 1. The summed E-state index contributed by atoms with van der Waals surface area (Å²) in [5, 5.41) is 8.95. The monoisotopic (exact) mass is 271 g/mol. The van der Waals surface area contributed by atoms with Gasteiger partial charge >= 0.3 is 0 Å². The van der Waals surface area contributed by atoms with E-state index in [1.165, 1.54) is 11.1 Å². The quantitative estimate of drug-likeness (QED) is 0.926. The molecule has 1 unspecified atom stereocenters. The number of benzene rings is 1. The van der Waals surface area contributed by atoms with E-state index in [2.05, 4.69) is 23.2 Å². The standard InChI is InChI=1S/C16H17NO3/c18-10-13-5-6-14(9-17-13)20-11-16-15-4-2-1-3-12(15)7-8-19-16/h1-6,9,16,18H,7-8,10-11H2. The lowest BCUT2D eigenvalue weighted by atomic mass is 9.98. The smallest absolute Gasteiger partial charge is 0.137 e. The third kappa shape index (κ3) is 2.81. The molecule has 1 aliphatic heterocycles. The molecule has 1 N–H and O–H groups in total. The van der Waals surface area contributed by atoms with Crippen LogP contribution in [0.25, 0.3) is 0 Å². The number of rotatable bonds is 4. The van der Waals surface area contributed by atoms with Crippen LogP contribution >= 0.6 is 0 Å². The van der Waals surface area contributed by atoms with Crippen LogP contribution in [-0.2, 0) is 17.8 Å². The fraction of sp³-hybridized carbons (Fsp3) is 0.312. The number of nitrogens with zero attached hydrogens (tertiary/aromatic N) is 1. The first-order valence-electron chi connectivity index (χ1n) is 6.75. The Labute approximate surface area is 118 Å². The van der Waals surface area contributed by atoms with Gasteiger partial charge < -0.3 is 14.6 Å². The van der Waals surface area contributed by atoms with E-state index in [9.17, 15) is 0 Å². The van der Waals surface area contributed by atoms with E-state index in [0.29, 0.717) is 18.1 Å². The first-order chi connectivity index (χ1) is 9.86. The lowest BCUT2D eigenvalue weighted by Crippen LogP contribution is -2.21. The van der Waals surface area contributed by atoms with Gasteiger partial charge in [0.15, 0.2) is 0 Å². The summed E-state index contributed by atoms with van der Waals surface area (Å²) in [5.74, 6) is 0.689. The largest absolute Gasteiger partial charge is 0.489 e. The second-order valence-corrected chi connectivity index (χ2v) is 4.76. The zero-order valence-electron chi connectivity index (χ0n) is 11.2. The van der Waals surface area contributed by atoms with Gasteiger partial charge in [-0.05, 0) is 29.7 Å². The van der Waals surface area contributed by atoms with Gasteiger partial charge in [0.25, 0.3) is 0 Å². The molecule has 0 saturated heterocycles. The van der Waals surface area contributed by atoms with Crippen LogP contribution in [0.3, 0.4) is 0 Å². The van der Waals surface area contributed by atoms with E-state index in [0.717, 1.165) is 13.0 Å². The lowest BCUT2D eigenvalue weighted by molar-refractivity contribution is 0.0101. The highest BCUT2D eigenvalue weighted by atomic mass is 16.5. The summed E-state index contributed by atoms with van der Waals surface area (Å²) in [6, 6.07) is 11.9. The van der Waals surface area contributed by atoms with Crippen LogP contribution in [0.1, 0.15) is 22.9 Å². The minimum atomic E-state index is -0.0562. The molecular formula is C16H17NO3. The number of fused-ring (bicyclic) bond motifs is 1. The molecule has 0 fully saturated rings. The molecule has 0 aliphatic carbocycles. The van der Waals surface area contributed by atoms with Crippen molar-refractivity contribution in [1.29, 1.82) is 0 Å². The van der Waals surface area contributed by atoms with Crippen LogP contribution in [0.15, 0.2) is 42.6 Å². The Kier molecular flexibility index (Phi) is 3.95. The van der Waals surface area contributed by atoms with Crippen molar-refractivity contribution in [3.8, 4) is 5.75 Å². The van der Waals surface area contributed by atoms with Crippen LogP contribution in [0, 0.1) is 0 Å². The molecule has 1 atom stereocenters. The maximum atomic E-state index is 8.95. The molecule has 1 aromatic heterocycles. The van der Waals surface area contributed by atoms with Gasteiger partial charge in [-0.25, -0.2) is 0 Å². The van der Waals surface area contributed by atoms with Gasteiger partial charge in [0, 0.05) is 0 Å². The van der Waals surface area contributed by atoms with Crippen molar-refractivity contribution in [2.24, 2.45) is 0 Å². The topological polar surface area (TPSA) is 51.6 Å². The molecule has 20 heavy (non-hydrogen) atoms. The van der Waals surface area contributed by atoms with E-state index in [1.54, 1.807) is 12.3 Å². The molecule has 104 valence electrons. The van der Waals surface area contributed by atoms with Crippen LogP contribution < -0.4 is 4.74 Å². The van der Waals surface area contributed by atoms with Crippen molar-refractivity contribution in [3.05, 3.63) is 59.4 Å². The number of aliphatic hydroxyl groups is 1. The Balaban J connectivity index is 1.66. The number of aromatic nitrogens is 1. The summed E-state index contributed by atoms with van der Waals surface area (Å²) in [7, 11) is 0. The highest BCUT2D eigenvalue weighted by Gasteiger charge is 2.20. The first-order valence-corrected chi connectivity index (χ1v) is 6.75. The lowest BCUT2D eigenvalue weighted by Gasteiger charge is -2.26. The zero-order chi connectivity index (χ0) is 13.8. The minimum absolute atomic E-state index is 0.0301. The maximum absolute atomic E-state index is 8.95. The second-order valence-electron chi connectivity index (χ2n) is 4.76. The minimum Gasteiger partial charge on any atom is -0.489 e. The van der Waals surface area contributed by atoms with Crippen molar-refractivity contribution in [1.82, 2.24) is 4.98 Å². The predicted molar refractivity (Wildman–Crippen MR) is 74.5 cm³/mol. The van der Waals surface area contributed by atoms with Crippen LogP contribution in [0.4, 0.5) is 0 Å². The fourth-order valence-electron chi connectivity index (χ4n) is 2.38. The Hall–Kier alpha value is -1.91. The van der Waals surface area contributed by atoms with Gasteiger partial charge in [-0.15, -0.1) is 0 Å². The Morgan fingerprint density at radius 2 is 2.15 bits per heavy atom. The number of ether oxygens (including phenoxy) is 2. The molecule has 0 radical (unpaired) electrons. The van der Waals surface area contributed by atoms with E-state index >= 15 is 0 Å². The molecule has 1 aromatic carbocycles. The number of hydrogen-bond donors (Lipinski definition) is 1. The summed E-state index contributed by atoms with van der Waals surface area (Å²) >= 11 is 0. The first kappa shape index (κ1) is 13.1. The molecule has 2 aromatic rings. The summed E-state index contributed by atoms with van der Waals surface area (Å²) in [4.78, 5) is 4.09. The fourth-order valence-corrected chi connectivity index (χ4v) is 2.38. The molecular weight excluding hydrogens is 254 g/mol. The summed E-state index contributed by atoms with van der Waals surface area (Å²) in [6.45, 7) is 1.14. The van der Waals surface area contributed by atoms with Crippen LogP contribution in [0.2, 0.25) is 0 Å². The molecule has 3 rings (SSSR count). The van der Waals surface area contributed by atoms with Crippen molar-refractivity contribution < 1.29 is 14.6 Å². The zero-order valence-corrected chi connectivity index (χ0v) is 11.2. The van der Waals surface area contributed by atoms with Crippen LogP contribution in [0.5, 0.6) is 5.75 Å². The average molecular weight is 271 g/mol. The van der Waals surface area contributed by atoms with E-state index in [4.69, 9.17) is 14.6 Å². The van der Waals surface area contributed by atoms with Crippen LogP contribution in [-0.4, -0.2) is 23.3 Å². The van der Waals surface area contributed by atoms with E-state index in [1.807, 2.05) is 12.1 Å². The average Bonchev–Trinajstić information content (AvgIpc) is 2.53. The Morgan fingerprint density at radius 3 is 2.95 bits per heavy atom. The SMILES string of the molecule is OCc1ccc(OCC2OCCc3ccccc32)cn1. The van der Waals surface area contributed by atoms with Crippen molar-refractivity contribution in [2.75, 3.05) is 13.2 Å². The normalized spacial score (nSPS) is 17.6. The summed E-state index contributed by atoms with van der Waals surface area (Å²) in [5.41, 5.74) is 3.18. The van der Waals surface area contributed by atoms with Crippen molar-refractivity contribution >= 4 is 0 Å². The predicted octanol–water partition coefficient (Wildman–Crippen LogP) is 2.27. The van der Waals surface area contributed by atoms with E-state index < -0.39 is 0 Å². The highest BCUT2D eigenvalue weighted by Crippen LogP contribution is 2.27. The third-order valence-corrected chi connectivity index (χ3v) is 3.45. The number of aliphatic hydroxyl groups excluding tert-OH is 1.